The molecule has 0 radical (unpaired) electrons. The highest BCUT2D eigenvalue weighted by atomic mass is 16.4. The fourth-order valence-electron chi connectivity index (χ4n) is 2.86. The molecule has 2 amide bonds. The van der Waals surface area contributed by atoms with Gasteiger partial charge in [-0.3, -0.25) is 0 Å². The van der Waals surface area contributed by atoms with Crippen molar-refractivity contribution in [2.24, 2.45) is 11.8 Å². The molecule has 1 aromatic rings. The van der Waals surface area contributed by atoms with Crippen LogP contribution in [-0.4, -0.2) is 23.7 Å². The lowest BCUT2D eigenvalue weighted by Crippen LogP contribution is -2.42. The van der Waals surface area contributed by atoms with E-state index in [0.29, 0.717) is 18.0 Å². The summed E-state index contributed by atoms with van der Waals surface area (Å²) in [6.07, 6.45) is 3.46. The van der Waals surface area contributed by atoms with Crippen molar-refractivity contribution in [3.63, 3.8) is 0 Å². The van der Waals surface area contributed by atoms with Gasteiger partial charge in [0.15, 0.2) is 6.04 Å². The molecule has 21 heavy (non-hydrogen) atoms. The third-order valence-corrected chi connectivity index (χ3v) is 4.01. The Balaban J connectivity index is 1.86. The van der Waals surface area contributed by atoms with Gasteiger partial charge in [-0.25, -0.2) is 9.59 Å². The van der Waals surface area contributed by atoms with E-state index in [1.54, 1.807) is 24.3 Å². The average Bonchev–Trinajstić information content (AvgIpc) is 2.89. The second kappa shape index (κ2) is 7.11. The Morgan fingerprint density at radius 3 is 2.57 bits per heavy atom. The zero-order valence-electron chi connectivity index (χ0n) is 12.2. The molecule has 114 valence electrons. The van der Waals surface area contributed by atoms with Gasteiger partial charge >= 0.3 is 12.0 Å². The van der Waals surface area contributed by atoms with Crippen molar-refractivity contribution < 1.29 is 14.7 Å². The van der Waals surface area contributed by atoms with Crippen LogP contribution in [0.4, 0.5) is 4.79 Å². The minimum Gasteiger partial charge on any atom is -0.479 e. The van der Waals surface area contributed by atoms with Crippen molar-refractivity contribution in [3.05, 3.63) is 35.9 Å². The molecule has 1 aliphatic carbocycles. The number of carboxylic acid groups (broad SMARTS) is 1. The van der Waals surface area contributed by atoms with Gasteiger partial charge in [0.2, 0.25) is 0 Å². The number of aliphatic carboxylic acids is 1. The van der Waals surface area contributed by atoms with Crippen LogP contribution in [0, 0.1) is 11.8 Å². The summed E-state index contributed by atoms with van der Waals surface area (Å²) in [5.74, 6) is 0.160. The van der Waals surface area contributed by atoms with Crippen LogP contribution in [0.1, 0.15) is 37.8 Å². The van der Waals surface area contributed by atoms with Crippen LogP contribution >= 0.6 is 0 Å². The summed E-state index contributed by atoms with van der Waals surface area (Å²) in [4.78, 5) is 23.2. The lowest BCUT2D eigenvalue weighted by Gasteiger charge is -2.17. The highest BCUT2D eigenvalue weighted by Crippen LogP contribution is 2.29. The molecule has 1 aliphatic rings. The molecule has 1 saturated carbocycles. The van der Waals surface area contributed by atoms with Crippen LogP contribution < -0.4 is 10.6 Å². The lowest BCUT2D eigenvalue weighted by molar-refractivity contribution is -0.139. The van der Waals surface area contributed by atoms with Gasteiger partial charge in [-0.1, -0.05) is 43.7 Å². The highest BCUT2D eigenvalue weighted by molar-refractivity contribution is 5.83. The third kappa shape index (κ3) is 4.48. The summed E-state index contributed by atoms with van der Waals surface area (Å²) in [6, 6.07) is 7.26. The van der Waals surface area contributed by atoms with E-state index >= 15 is 0 Å². The Kier molecular flexibility index (Phi) is 5.20. The lowest BCUT2D eigenvalue weighted by atomic mass is 10.1. The van der Waals surface area contributed by atoms with Gasteiger partial charge in [0.05, 0.1) is 0 Å². The largest absolute Gasteiger partial charge is 0.479 e. The van der Waals surface area contributed by atoms with E-state index in [1.807, 2.05) is 6.07 Å². The maximum absolute atomic E-state index is 11.9. The fourth-order valence-corrected chi connectivity index (χ4v) is 2.86. The second-order valence-electron chi connectivity index (χ2n) is 5.82. The molecule has 2 unspecified atom stereocenters. The van der Waals surface area contributed by atoms with E-state index in [9.17, 15) is 14.7 Å². The van der Waals surface area contributed by atoms with E-state index < -0.39 is 18.0 Å². The van der Waals surface area contributed by atoms with E-state index in [0.717, 1.165) is 18.8 Å². The van der Waals surface area contributed by atoms with Gasteiger partial charge in [-0.15, -0.1) is 0 Å². The van der Waals surface area contributed by atoms with Crippen LogP contribution in [-0.2, 0) is 4.79 Å². The molecule has 3 atom stereocenters. The predicted molar refractivity (Wildman–Crippen MR) is 79.9 cm³/mol. The van der Waals surface area contributed by atoms with Crippen molar-refractivity contribution in [1.29, 1.82) is 0 Å². The molecule has 3 N–H and O–H groups in total. The Morgan fingerprint density at radius 1 is 1.29 bits per heavy atom. The summed E-state index contributed by atoms with van der Waals surface area (Å²) in [5.41, 5.74) is 0.564. The van der Waals surface area contributed by atoms with Crippen LogP contribution in [0.5, 0.6) is 0 Å². The third-order valence-electron chi connectivity index (χ3n) is 4.01. The number of hydrogen-bond donors (Lipinski definition) is 3. The molecule has 0 saturated heterocycles. The summed E-state index contributed by atoms with van der Waals surface area (Å²) < 4.78 is 0. The number of amides is 2. The van der Waals surface area contributed by atoms with E-state index in [2.05, 4.69) is 17.6 Å². The summed E-state index contributed by atoms with van der Waals surface area (Å²) in [5, 5.41) is 14.6. The van der Waals surface area contributed by atoms with Crippen molar-refractivity contribution in [2.45, 2.75) is 32.2 Å². The number of carboxylic acids is 1. The number of benzene rings is 1. The van der Waals surface area contributed by atoms with Gasteiger partial charge in [-0.2, -0.15) is 0 Å². The molecule has 2 rings (SSSR count). The number of carbonyl (C=O) groups excluding carboxylic acids is 1. The standard InChI is InChI=1S/C16H22N2O3/c1-11-7-8-12(9-11)10-17-16(21)18-14(15(19)20)13-5-3-2-4-6-13/h2-6,11-12,14H,7-10H2,1H3,(H,19,20)(H2,17,18,21)/t11?,12?,14-/m1/s1. The molecule has 1 fully saturated rings. The maximum Gasteiger partial charge on any atom is 0.330 e. The normalized spacial score (nSPS) is 22.5. The predicted octanol–water partition coefficient (Wildman–Crippen LogP) is 2.55. The van der Waals surface area contributed by atoms with Crippen LogP contribution in [0.3, 0.4) is 0 Å². The number of rotatable bonds is 5. The van der Waals surface area contributed by atoms with Crippen molar-refractivity contribution in [1.82, 2.24) is 10.6 Å². The Morgan fingerprint density at radius 2 is 2.00 bits per heavy atom. The number of nitrogens with one attached hydrogen (secondary N) is 2. The van der Waals surface area contributed by atoms with Gasteiger partial charge in [0.1, 0.15) is 0 Å². The average molecular weight is 290 g/mol. The molecular formula is C16H22N2O3. The summed E-state index contributed by atoms with van der Waals surface area (Å²) in [7, 11) is 0. The van der Waals surface area contributed by atoms with E-state index in [4.69, 9.17) is 0 Å². The first-order valence-electron chi connectivity index (χ1n) is 7.38. The molecule has 0 aliphatic heterocycles. The quantitative estimate of drug-likeness (QED) is 0.779. The van der Waals surface area contributed by atoms with Crippen LogP contribution in [0.25, 0.3) is 0 Å². The van der Waals surface area contributed by atoms with Crippen molar-refractivity contribution in [2.75, 3.05) is 6.54 Å². The topological polar surface area (TPSA) is 78.4 Å². The monoisotopic (exact) mass is 290 g/mol. The molecule has 0 bridgehead atoms. The molecule has 5 nitrogen and oxygen atoms in total. The molecular weight excluding hydrogens is 268 g/mol. The van der Waals surface area contributed by atoms with Crippen molar-refractivity contribution in [3.8, 4) is 0 Å². The van der Waals surface area contributed by atoms with Gasteiger partial charge in [0.25, 0.3) is 0 Å². The van der Waals surface area contributed by atoms with E-state index in [-0.39, 0.29) is 0 Å². The zero-order valence-corrected chi connectivity index (χ0v) is 12.2. The van der Waals surface area contributed by atoms with Crippen LogP contribution in [0.15, 0.2) is 30.3 Å². The number of hydrogen-bond acceptors (Lipinski definition) is 2. The zero-order chi connectivity index (χ0) is 15.2. The smallest absolute Gasteiger partial charge is 0.330 e. The van der Waals surface area contributed by atoms with Crippen molar-refractivity contribution >= 4 is 12.0 Å². The Bertz CT molecular complexity index is 490. The molecule has 1 aromatic carbocycles. The Labute approximate surface area is 124 Å². The van der Waals surface area contributed by atoms with Crippen LogP contribution in [0.2, 0.25) is 0 Å². The van der Waals surface area contributed by atoms with Gasteiger partial charge in [0, 0.05) is 6.54 Å². The van der Waals surface area contributed by atoms with E-state index in [1.165, 1.54) is 6.42 Å². The maximum atomic E-state index is 11.9. The minimum atomic E-state index is -1.06. The SMILES string of the molecule is CC1CCC(CNC(=O)N[C@@H](C(=O)O)c2ccccc2)C1. The fraction of sp³-hybridized carbons (Fsp3) is 0.500. The number of carbonyl (C=O) groups is 2. The molecule has 0 aromatic heterocycles. The van der Waals surface area contributed by atoms with Gasteiger partial charge < -0.3 is 15.7 Å². The first-order valence-corrected chi connectivity index (χ1v) is 7.38. The second-order valence-corrected chi connectivity index (χ2v) is 5.82. The summed E-state index contributed by atoms with van der Waals surface area (Å²) >= 11 is 0. The first kappa shape index (κ1) is 15.4. The highest BCUT2D eigenvalue weighted by Gasteiger charge is 2.24. The molecule has 0 spiro atoms. The Hall–Kier alpha value is -2.04. The minimum absolute atomic E-state index is 0.425. The first-order chi connectivity index (χ1) is 10.1. The summed E-state index contributed by atoms with van der Waals surface area (Å²) in [6.45, 7) is 2.83. The molecule has 0 heterocycles. The number of urea groups is 1. The molecule has 5 heteroatoms. The van der Waals surface area contributed by atoms with Gasteiger partial charge in [-0.05, 0) is 30.2 Å².